The topological polar surface area (TPSA) is 58.3 Å². The molecule has 72 valence electrons. The summed E-state index contributed by atoms with van der Waals surface area (Å²) in [4.78, 5) is 0. The molecule has 1 rings (SSSR count). The number of hydrogen-bond acceptors (Lipinski definition) is 3. The minimum Gasteiger partial charge on any atom is -0.394 e. The van der Waals surface area contributed by atoms with Crippen LogP contribution in [0.1, 0.15) is 12.5 Å². The van der Waals surface area contributed by atoms with E-state index in [9.17, 15) is 0 Å². The molecular formula is C10H16N2O. The van der Waals surface area contributed by atoms with Crippen LogP contribution >= 0.6 is 0 Å². The van der Waals surface area contributed by atoms with Crippen molar-refractivity contribution in [2.24, 2.45) is 5.73 Å². The molecule has 1 aromatic carbocycles. The molecule has 3 heteroatoms. The highest BCUT2D eigenvalue weighted by Gasteiger charge is 1.98. The third kappa shape index (κ3) is 3.05. The van der Waals surface area contributed by atoms with E-state index < -0.39 is 0 Å². The molecule has 0 radical (unpaired) electrons. The summed E-state index contributed by atoms with van der Waals surface area (Å²) < 4.78 is 0. The van der Waals surface area contributed by atoms with E-state index >= 15 is 0 Å². The van der Waals surface area contributed by atoms with E-state index in [-0.39, 0.29) is 12.6 Å². The van der Waals surface area contributed by atoms with Crippen LogP contribution in [0.25, 0.3) is 0 Å². The molecule has 0 aliphatic heterocycles. The van der Waals surface area contributed by atoms with Gasteiger partial charge in [-0.1, -0.05) is 12.1 Å². The van der Waals surface area contributed by atoms with Crippen molar-refractivity contribution in [3.8, 4) is 0 Å². The molecule has 0 aliphatic carbocycles. The smallest absolute Gasteiger partial charge is 0.0630 e. The molecule has 1 unspecified atom stereocenters. The zero-order valence-electron chi connectivity index (χ0n) is 7.83. The van der Waals surface area contributed by atoms with Gasteiger partial charge in [0, 0.05) is 18.3 Å². The molecule has 0 heterocycles. The normalized spacial score (nSPS) is 12.5. The molecule has 0 aliphatic rings. The van der Waals surface area contributed by atoms with E-state index in [4.69, 9.17) is 10.8 Å². The fourth-order valence-electron chi connectivity index (χ4n) is 1.07. The molecule has 0 amide bonds. The first kappa shape index (κ1) is 10.0. The summed E-state index contributed by atoms with van der Waals surface area (Å²) in [6, 6.07) is 7.98. The van der Waals surface area contributed by atoms with Gasteiger partial charge in [0.2, 0.25) is 0 Å². The molecule has 13 heavy (non-hydrogen) atoms. The Labute approximate surface area is 78.6 Å². The molecule has 0 spiro atoms. The van der Waals surface area contributed by atoms with E-state index in [2.05, 4.69) is 5.32 Å². The summed E-state index contributed by atoms with van der Waals surface area (Å²) in [5, 5.41) is 12.0. The summed E-state index contributed by atoms with van der Waals surface area (Å²) in [5.41, 5.74) is 7.59. The number of hydrogen-bond donors (Lipinski definition) is 3. The average Bonchev–Trinajstić information content (AvgIpc) is 2.19. The lowest BCUT2D eigenvalue weighted by molar-refractivity contribution is 0.281. The van der Waals surface area contributed by atoms with Gasteiger partial charge in [-0.2, -0.15) is 0 Å². The molecular weight excluding hydrogens is 164 g/mol. The minimum absolute atomic E-state index is 0.0868. The third-order valence-corrected chi connectivity index (χ3v) is 1.88. The van der Waals surface area contributed by atoms with Crippen LogP contribution in [0.15, 0.2) is 24.3 Å². The van der Waals surface area contributed by atoms with Gasteiger partial charge in [-0.15, -0.1) is 0 Å². The van der Waals surface area contributed by atoms with Crippen LogP contribution in [-0.2, 0) is 6.54 Å². The standard InChI is InChI=1S/C10H16N2O/c1-8(7-13)12-10-4-2-9(6-11)3-5-10/h2-5,8,12-13H,6-7,11H2,1H3. The number of aliphatic hydroxyl groups is 1. The maximum absolute atomic E-state index is 8.81. The van der Waals surface area contributed by atoms with E-state index in [1.807, 2.05) is 31.2 Å². The fourth-order valence-corrected chi connectivity index (χ4v) is 1.07. The minimum atomic E-state index is 0.0868. The van der Waals surface area contributed by atoms with Gasteiger partial charge in [0.15, 0.2) is 0 Å². The second kappa shape index (κ2) is 4.84. The van der Waals surface area contributed by atoms with Crippen LogP contribution in [0.3, 0.4) is 0 Å². The number of rotatable bonds is 4. The van der Waals surface area contributed by atoms with Gasteiger partial charge in [-0.3, -0.25) is 0 Å². The first-order valence-corrected chi connectivity index (χ1v) is 4.42. The summed E-state index contributed by atoms with van der Waals surface area (Å²) in [6.07, 6.45) is 0. The average molecular weight is 180 g/mol. The van der Waals surface area contributed by atoms with Crippen molar-refractivity contribution in [2.45, 2.75) is 19.5 Å². The molecule has 1 atom stereocenters. The van der Waals surface area contributed by atoms with Crippen LogP contribution in [-0.4, -0.2) is 17.8 Å². The predicted octanol–water partition coefficient (Wildman–Crippen LogP) is 0.938. The maximum Gasteiger partial charge on any atom is 0.0630 e. The lowest BCUT2D eigenvalue weighted by atomic mass is 10.2. The Balaban J connectivity index is 2.58. The highest BCUT2D eigenvalue weighted by Crippen LogP contribution is 2.09. The van der Waals surface area contributed by atoms with Gasteiger partial charge in [-0.25, -0.2) is 0 Å². The van der Waals surface area contributed by atoms with Crippen molar-refractivity contribution in [1.82, 2.24) is 0 Å². The van der Waals surface area contributed by atoms with Gasteiger partial charge in [0.05, 0.1) is 6.61 Å². The molecule has 0 saturated carbocycles. The van der Waals surface area contributed by atoms with Crippen molar-refractivity contribution in [3.63, 3.8) is 0 Å². The second-order valence-corrected chi connectivity index (χ2v) is 3.13. The zero-order valence-corrected chi connectivity index (χ0v) is 7.83. The highest BCUT2D eigenvalue weighted by atomic mass is 16.3. The van der Waals surface area contributed by atoms with E-state index in [0.29, 0.717) is 6.54 Å². The number of anilines is 1. The molecule has 0 fully saturated rings. The molecule has 3 nitrogen and oxygen atoms in total. The molecule has 4 N–H and O–H groups in total. The Morgan fingerprint density at radius 2 is 2.00 bits per heavy atom. The summed E-state index contributed by atoms with van der Waals surface area (Å²) >= 11 is 0. The van der Waals surface area contributed by atoms with Crippen LogP contribution in [0, 0.1) is 0 Å². The fraction of sp³-hybridized carbons (Fsp3) is 0.400. The Bertz CT molecular complexity index is 246. The predicted molar refractivity (Wildman–Crippen MR) is 54.5 cm³/mol. The number of aliphatic hydroxyl groups excluding tert-OH is 1. The number of benzene rings is 1. The van der Waals surface area contributed by atoms with Crippen molar-refractivity contribution in [3.05, 3.63) is 29.8 Å². The van der Waals surface area contributed by atoms with Crippen LogP contribution < -0.4 is 11.1 Å². The summed E-state index contributed by atoms with van der Waals surface area (Å²) in [6.45, 7) is 2.63. The molecule has 0 bridgehead atoms. The monoisotopic (exact) mass is 180 g/mol. The van der Waals surface area contributed by atoms with Crippen LogP contribution in [0.2, 0.25) is 0 Å². The van der Waals surface area contributed by atoms with Crippen molar-refractivity contribution in [2.75, 3.05) is 11.9 Å². The van der Waals surface area contributed by atoms with Gasteiger partial charge in [0.1, 0.15) is 0 Å². The van der Waals surface area contributed by atoms with Crippen molar-refractivity contribution < 1.29 is 5.11 Å². The Morgan fingerprint density at radius 3 is 2.46 bits per heavy atom. The Kier molecular flexibility index (Phi) is 3.73. The molecule has 0 saturated heterocycles. The van der Waals surface area contributed by atoms with Crippen molar-refractivity contribution in [1.29, 1.82) is 0 Å². The lowest BCUT2D eigenvalue weighted by Gasteiger charge is -2.12. The van der Waals surface area contributed by atoms with Crippen LogP contribution in [0.5, 0.6) is 0 Å². The highest BCUT2D eigenvalue weighted by molar-refractivity contribution is 5.45. The summed E-state index contributed by atoms with van der Waals surface area (Å²) in [7, 11) is 0. The van der Waals surface area contributed by atoms with Gasteiger partial charge >= 0.3 is 0 Å². The van der Waals surface area contributed by atoms with E-state index in [1.165, 1.54) is 0 Å². The largest absolute Gasteiger partial charge is 0.394 e. The third-order valence-electron chi connectivity index (χ3n) is 1.88. The number of nitrogens with one attached hydrogen (secondary N) is 1. The second-order valence-electron chi connectivity index (χ2n) is 3.13. The van der Waals surface area contributed by atoms with Gasteiger partial charge in [0.25, 0.3) is 0 Å². The molecule has 0 aromatic heterocycles. The maximum atomic E-state index is 8.81. The van der Waals surface area contributed by atoms with Crippen LogP contribution in [0.4, 0.5) is 5.69 Å². The van der Waals surface area contributed by atoms with Gasteiger partial charge in [-0.05, 0) is 24.6 Å². The van der Waals surface area contributed by atoms with Gasteiger partial charge < -0.3 is 16.2 Å². The SMILES string of the molecule is CC(CO)Nc1ccc(CN)cc1. The first-order chi connectivity index (χ1) is 6.26. The first-order valence-electron chi connectivity index (χ1n) is 4.42. The summed E-state index contributed by atoms with van der Waals surface area (Å²) in [5.74, 6) is 0. The quantitative estimate of drug-likeness (QED) is 0.646. The van der Waals surface area contributed by atoms with E-state index in [0.717, 1.165) is 11.3 Å². The lowest BCUT2D eigenvalue weighted by Crippen LogP contribution is -2.19. The Morgan fingerprint density at radius 1 is 1.38 bits per heavy atom. The molecule has 1 aromatic rings. The zero-order chi connectivity index (χ0) is 9.68. The number of nitrogens with two attached hydrogens (primary N) is 1. The van der Waals surface area contributed by atoms with E-state index in [1.54, 1.807) is 0 Å². The Hall–Kier alpha value is -1.06. The van der Waals surface area contributed by atoms with Crippen molar-refractivity contribution >= 4 is 5.69 Å².